The summed E-state index contributed by atoms with van der Waals surface area (Å²) in [4.78, 5) is 22.3. The molecule has 1 rings (SSSR count). The second-order valence-electron chi connectivity index (χ2n) is 4.44. The number of carboxylic acid groups (broad SMARTS) is 1. The number of amides is 1. The number of likely N-dealkylation sites (N-methyl/N-ethyl adjacent to an activating group) is 1. The van der Waals surface area contributed by atoms with Crippen molar-refractivity contribution >= 4 is 33.2 Å². The summed E-state index contributed by atoms with van der Waals surface area (Å²) in [5, 5.41) is 12.6. The molecule has 9 heteroatoms. The smallest absolute Gasteiger partial charge is 0.336 e. The lowest BCUT2D eigenvalue weighted by molar-refractivity contribution is -0.121. The van der Waals surface area contributed by atoms with Crippen LogP contribution in [-0.4, -0.2) is 49.3 Å². The van der Waals surface area contributed by atoms with E-state index in [0.717, 1.165) is 21.7 Å². The lowest BCUT2D eigenvalue weighted by Crippen LogP contribution is -2.40. The molecule has 0 saturated heterocycles. The topological polar surface area (TPSA) is 104 Å². The average molecular weight is 320 g/mol. The summed E-state index contributed by atoms with van der Waals surface area (Å²) < 4.78 is 25.1. The molecule has 0 bridgehead atoms. The van der Waals surface area contributed by atoms with Crippen molar-refractivity contribution in [1.29, 1.82) is 0 Å². The number of nitrogens with one attached hydrogen (secondary N) is 1. The van der Waals surface area contributed by atoms with Gasteiger partial charge in [-0.1, -0.05) is 0 Å². The third kappa shape index (κ3) is 4.02. The lowest BCUT2D eigenvalue weighted by atomic mass is 10.4. The molecule has 0 spiro atoms. The van der Waals surface area contributed by atoms with Crippen molar-refractivity contribution in [3.63, 3.8) is 0 Å². The predicted molar refractivity (Wildman–Crippen MR) is 74.4 cm³/mol. The number of sulfonamides is 1. The Morgan fingerprint density at radius 2 is 2.05 bits per heavy atom. The molecule has 7 nitrogen and oxygen atoms in total. The Hall–Kier alpha value is -1.45. The highest BCUT2D eigenvalue weighted by atomic mass is 32.2. The molecule has 0 fully saturated rings. The van der Waals surface area contributed by atoms with Gasteiger partial charge in [0.05, 0.1) is 12.1 Å². The Labute approximate surface area is 121 Å². The lowest BCUT2D eigenvalue weighted by Gasteiger charge is -2.16. The average Bonchev–Trinajstić information content (AvgIpc) is 2.77. The molecule has 1 aromatic rings. The molecule has 0 aliphatic rings. The predicted octanol–water partition coefficient (Wildman–Crippen LogP) is 0.591. The van der Waals surface area contributed by atoms with Crippen LogP contribution >= 0.6 is 11.3 Å². The number of rotatable bonds is 6. The van der Waals surface area contributed by atoms with Gasteiger partial charge in [0, 0.05) is 18.5 Å². The Morgan fingerprint density at radius 1 is 1.45 bits per heavy atom. The van der Waals surface area contributed by atoms with Gasteiger partial charge >= 0.3 is 5.97 Å². The standard InChI is InChI=1S/C11H16N2O5S2/c1-7(2)12-9(14)5-13(3)20(17,18)10-4-8(6-19-10)11(15)16/h4,6-7H,5H2,1-3H3,(H,12,14)(H,15,16). The fourth-order valence-electron chi connectivity index (χ4n) is 1.37. The van der Waals surface area contributed by atoms with Gasteiger partial charge < -0.3 is 10.4 Å². The highest BCUT2D eigenvalue weighted by Gasteiger charge is 2.25. The fraction of sp³-hybridized carbons (Fsp3) is 0.455. The van der Waals surface area contributed by atoms with Crippen LogP contribution in [0, 0.1) is 0 Å². The van der Waals surface area contributed by atoms with Crippen LogP contribution in [0.25, 0.3) is 0 Å². The maximum Gasteiger partial charge on any atom is 0.336 e. The third-order valence-electron chi connectivity index (χ3n) is 2.30. The van der Waals surface area contributed by atoms with Gasteiger partial charge in [-0.3, -0.25) is 4.79 Å². The summed E-state index contributed by atoms with van der Waals surface area (Å²) in [6, 6.07) is 0.998. The van der Waals surface area contributed by atoms with Crippen LogP contribution in [-0.2, 0) is 14.8 Å². The first-order valence-electron chi connectivity index (χ1n) is 5.72. The van der Waals surface area contributed by atoms with Gasteiger partial charge in [-0.15, -0.1) is 11.3 Å². The first-order chi connectivity index (χ1) is 9.14. The van der Waals surface area contributed by atoms with E-state index in [0.29, 0.717) is 0 Å². The van der Waals surface area contributed by atoms with Crippen LogP contribution in [0.1, 0.15) is 24.2 Å². The second kappa shape index (κ2) is 6.33. The van der Waals surface area contributed by atoms with Gasteiger partial charge in [-0.2, -0.15) is 4.31 Å². The Morgan fingerprint density at radius 3 is 2.50 bits per heavy atom. The highest BCUT2D eigenvalue weighted by molar-refractivity contribution is 7.91. The van der Waals surface area contributed by atoms with Crippen molar-refractivity contribution in [3.8, 4) is 0 Å². The van der Waals surface area contributed by atoms with Crippen molar-refractivity contribution in [3.05, 3.63) is 17.0 Å². The maximum absolute atomic E-state index is 12.2. The van der Waals surface area contributed by atoms with Crippen molar-refractivity contribution in [2.75, 3.05) is 13.6 Å². The number of aromatic carboxylic acids is 1. The van der Waals surface area contributed by atoms with E-state index in [9.17, 15) is 18.0 Å². The minimum Gasteiger partial charge on any atom is -0.478 e. The maximum atomic E-state index is 12.2. The fourth-order valence-corrected chi connectivity index (χ4v) is 3.86. The molecule has 1 amide bonds. The number of thiophene rings is 1. The summed E-state index contributed by atoms with van der Waals surface area (Å²) in [6.07, 6.45) is 0. The summed E-state index contributed by atoms with van der Waals surface area (Å²) in [6.45, 7) is 3.22. The van der Waals surface area contributed by atoms with Crippen molar-refractivity contribution in [2.24, 2.45) is 0 Å². The van der Waals surface area contributed by atoms with E-state index in [1.807, 2.05) is 0 Å². The summed E-state index contributed by atoms with van der Waals surface area (Å²) in [7, 11) is -2.58. The largest absolute Gasteiger partial charge is 0.478 e. The van der Waals surface area contributed by atoms with Gasteiger partial charge in [0.2, 0.25) is 5.91 Å². The third-order valence-corrected chi connectivity index (χ3v) is 5.52. The first-order valence-corrected chi connectivity index (χ1v) is 8.04. The monoisotopic (exact) mass is 320 g/mol. The van der Waals surface area contributed by atoms with Crippen LogP contribution in [0.5, 0.6) is 0 Å². The normalized spacial score (nSPS) is 11.8. The van der Waals surface area contributed by atoms with E-state index in [2.05, 4.69) is 5.32 Å². The molecular weight excluding hydrogens is 304 g/mol. The number of carboxylic acids is 1. The Balaban J connectivity index is 2.86. The number of carbonyl (C=O) groups excluding carboxylic acids is 1. The molecule has 0 atom stereocenters. The Kier molecular flexibility index (Phi) is 5.26. The molecule has 0 radical (unpaired) electrons. The molecule has 0 saturated carbocycles. The highest BCUT2D eigenvalue weighted by Crippen LogP contribution is 2.23. The molecule has 20 heavy (non-hydrogen) atoms. The molecule has 1 heterocycles. The van der Waals surface area contributed by atoms with Crippen LogP contribution in [0.3, 0.4) is 0 Å². The van der Waals surface area contributed by atoms with Crippen LogP contribution in [0.2, 0.25) is 0 Å². The van der Waals surface area contributed by atoms with Crippen LogP contribution in [0.15, 0.2) is 15.7 Å². The van der Waals surface area contributed by atoms with E-state index >= 15 is 0 Å². The molecule has 0 aliphatic heterocycles. The summed E-state index contributed by atoms with van der Waals surface area (Å²) in [5.74, 6) is -1.61. The zero-order chi connectivity index (χ0) is 15.5. The van der Waals surface area contributed by atoms with Crippen molar-refractivity contribution in [1.82, 2.24) is 9.62 Å². The zero-order valence-electron chi connectivity index (χ0n) is 11.3. The number of nitrogens with zero attached hydrogens (tertiary/aromatic N) is 1. The van der Waals surface area contributed by atoms with Gasteiger partial charge in [0.1, 0.15) is 4.21 Å². The van der Waals surface area contributed by atoms with Gasteiger partial charge in [0.25, 0.3) is 10.0 Å². The second-order valence-corrected chi connectivity index (χ2v) is 7.63. The summed E-state index contributed by atoms with van der Waals surface area (Å²) in [5.41, 5.74) is -0.0893. The number of hydrogen-bond donors (Lipinski definition) is 2. The minimum atomic E-state index is -3.85. The van der Waals surface area contributed by atoms with E-state index in [1.54, 1.807) is 13.8 Å². The van der Waals surface area contributed by atoms with Crippen LogP contribution < -0.4 is 5.32 Å². The molecule has 1 aromatic heterocycles. The quantitative estimate of drug-likeness (QED) is 0.798. The van der Waals surface area contributed by atoms with E-state index in [-0.39, 0.29) is 22.4 Å². The molecule has 0 aliphatic carbocycles. The molecule has 112 valence electrons. The van der Waals surface area contributed by atoms with E-state index in [4.69, 9.17) is 5.11 Å². The molecule has 0 unspecified atom stereocenters. The zero-order valence-corrected chi connectivity index (χ0v) is 12.9. The number of hydrogen-bond acceptors (Lipinski definition) is 5. The molecule has 2 N–H and O–H groups in total. The van der Waals surface area contributed by atoms with Crippen molar-refractivity contribution < 1.29 is 23.1 Å². The van der Waals surface area contributed by atoms with Gasteiger partial charge in [-0.25, -0.2) is 13.2 Å². The number of carbonyl (C=O) groups is 2. The van der Waals surface area contributed by atoms with E-state index < -0.39 is 21.9 Å². The van der Waals surface area contributed by atoms with Crippen LogP contribution in [0.4, 0.5) is 0 Å². The SMILES string of the molecule is CC(C)NC(=O)CN(C)S(=O)(=O)c1cc(C(=O)O)cs1. The van der Waals surface area contributed by atoms with Gasteiger partial charge in [0.15, 0.2) is 0 Å². The summed E-state index contributed by atoms with van der Waals surface area (Å²) >= 11 is 0.812. The van der Waals surface area contributed by atoms with Crippen molar-refractivity contribution in [2.45, 2.75) is 24.1 Å². The molecule has 0 aromatic carbocycles. The molecular formula is C11H16N2O5S2. The first kappa shape index (κ1) is 16.6. The Bertz CT molecular complexity index is 606. The van der Waals surface area contributed by atoms with E-state index in [1.165, 1.54) is 12.4 Å². The minimum absolute atomic E-state index is 0.0843. The van der Waals surface area contributed by atoms with Gasteiger partial charge in [-0.05, 0) is 19.9 Å².